The summed E-state index contributed by atoms with van der Waals surface area (Å²) in [5.74, 6) is -0.659. The number of hydrogen-bond donors (Lipinski definition) is 1. The number of thioether (sulfide) groups is 1. The van der Waals surface area contributed by atoms with Crippen LogP contribution in [0.5, 0.6) is 0 Å². The van der Waals surface area contributed by atoms with Crippen LogP contribution in [0, 0.1) is 5.82 Å². The van der Waals surface area contributed by atoms with Crippen LogP contribution in [0.3, 0.4) is 0 Å². The van der Waals surface area contributed by atoms with Gasteiger partial charge >= 0.3 is 0 Å². The third kappa shape index (κ3) is 5.11. The summed E-state index contributed by atoms with van der Waals surface area (Å²) in [4.78, 5) is 0.656. The summed E-state index contributed by atoms with van der Waals surface area (Å²) >= 11 is 1.04. The highest BCUT2D eigenvalue weighted by atomic mass is 32.2. The molecule has 0 saturated carbocycles. The fraction of sp³-hybridized carbons (Fsp3) is 0.600. The minimum absolute atomic E-state index is 0.136. The molecule has 118 valence electrons. The van der Waals surface area contributed by atoms with Gasteiger partial charge in [0.2, 0.25) is 6.43 Å². The van der Waals surface area contributed by atoms with Crippen molar-refractivity contribution < 1.29 is 17.9 Å². The van der Waals surface area contributed by atoms with Crippen LogP contribution in [0.15, 0.2) is 23.1 Å². The molecule has 6 heteroatoms. The minimum Gasteiger partial charge on any atom is -0.381 e. The molecule has 2 nitrogen and oxygen atoms in total. The Bertz CT molecular complexity index is 462. The maximum Gasteiger partial charge on any atom is 0.247 e. The number of alkyl halides is 2. The molecule has 21 heavy (non-hydrogen) atoms. The molecule has 1 aliphatic rings. The van der Waals surface area contributed by atoms with Gasteiger partial charge in [-0.25, -0.2) is 13.2 Å². The highest BCUT2D eigenvalue weighted by molar-refractivity contribution is 7.99. The SMILES string of the molecule is C[C@@H]1CC(Nc2cc(F)ccc2SCC(F)F)C[C@@H](C)O1. The second kappa shape index (κ2) is 7.40. The Morgan fingerprint density at radius 3 is 2.57 bits per heavy atom. The van der Waals surface area contributed by atoms with Gasteiger partial charge in [-0.1, -0.05) is 0 Å². The van der Waals surface area contributed by atoms with Crippen LogP contribution in [-0.2, 0) is 4.74 Å². The lowest BCUT2D eigenvalue weighted by Crippen LogP contribution is -2.37. The number of anilines is 1. The van der Waals surface area contributed by atoms with Crippen LogP contribution >= 0.6 is 11.8 Å². The Morgan fingerprint density at radius 1 is 1.29 bits per heavy atom. The number of rotatable bonds is 5. The van der Waals surface area contributed by atoms with E-state index >= 15 is 0 Å². The summed E-state index contributed by atoms with van der Waals surface area (Å²) < 4.78 is 43.8. The number of hydrogen-bond acceptors (Lipinski definition) is 3. The summed E-state index contributed by atoms with van der Waals surface area (Å²) in [5, 5.41) is 3.29. The second-order valence-corrected chi connectivity index (χ2v) is 6.47. The van der Waals surface area contributed by atoms with E-state index in [-0.39, 0.29) is 29.8 Å². The third-order valence-electron chi connectivity index (χ3n) is 3.36. The molecule has 2 atom stereocenters. The van der Waals surface area contributed by atoms with E-state index in [0.29, 0.717) is 10.6 Å². The van der Waals surface area contributed by atoms with Crippen molar-refractivity contribution in [2.45, 2.75) is 56.3 Å². The molecule has 0 aliphatic carbocycles. The normalized spacial score (nSPS) is 26.1. The van der Waals surface area contributed by atoms with Crippen molar-refractivity contribution in [3.8, 4) is 0 Å². The molecule has 1 aromatic rings. The van der Waals surface area contributed by atoms with Gasteiger partial charge in [-0.15, -0.1) is 11.8 Å². The molecular formula is C15H20F3NOS. The molecular weight excluding hydrogens is 299 g/mol. The molecule has 1 saturated heterocycles. The monoisotopic (exact) mass is 319 g/mol. The molecule has 1 aromatic carbocycles. The van der Waals surface area contributed by atoms with Gasteiger partial charge in [0, 0.05) is 10.9 Å². The Hall–Kier alpha value is -0.880. The molecule has 1 N–H and O–H groups in total. The predicted octanol–water partition coefficient (Wildman–Crippen LogP) is 4.55. The zero-order valence-corrected chi connectivity index (χ0v) is 12.9. The van der Waals surface area contributed by atoms with Gasteiger partial charge in [-0.3, -0.25) is 0 Å². The summed E-state index contributed by atoms with van der Waals surface area (Å²) in [5.41, 5.74) is 0.590. The molecule has 0 radical (unpaired) electrons. The fourth-order valence-corrected chi connectivity index (χ4v) is 3.38. The van der Waals surface area contributed by atoms with Crippen LogP contribution in [0.2, 0.25) is 0 Å². The first-order chi connectivity index (χ1) is 9.94. The first-order valence-corrected chi connectivity index (χ1v) is 8.05. The highest BCUT2D eigenvalue weighted by Crippen LogP contribution is 2.31. The number of halogens is 3. The number of benzene rings is 1. The molecule has 0 unspecified atom stereocenters. The van der Waals surface area contributed by atoms with Gasteiger partial charge in [-0.2, -0.15) is 0 Å². The van der Waals surface area contributed by atoms with Crippen molar-refractivity contribution in [2.75, 3.05) is 11.1 Å². The quantitative estimate of drug-likeness (QED) is 0.805. The van der Waals surface area contributed by atoms with Gasteiger partial charge in [-0.05, 0) is 44.9 Å². The Kier molecular flexibility index (Phi) is 5.81. The zero-order chi connectivity index (χ0) is 15.4. The van der Waals surface area contributed by atoms with E-state index in [1.165, 1.54) is 12.1 Å². The van der Waals surface area contributed by atoms with Gasteiger partial charge < -0.3 is 10.1 Å². The average Bonchev–Trinajstić information content (AvgIpc) is 2.36. The molecule has 1 heterocycles. The lowest BCUT2D eigenvalue weighted by molar-refractivity contribution is -0.0338. The van der Waals surface area contributed by atoms with Crippen LogP contribution in [0.25, 0.3) is 0 Å². The standard InChI is InChI=1S/C15H20F3NOS/c1-9-5-12(6-10(2)20-9)19-13-7-11(16)3-4-14(13)21-8-15(17)18/h3-4,7,9-10,12,15,19H,5-6,8H2,1-2H3/t9-,10-/m1/s1. The molecule has 0 aromatic heterocycles. The van der Waals surface area contributed by atoms with E-state index in [9.17, 15) is 13.2 Å². The first kappa shape index (κ1) is 16.5. The predicted molar refractivity (Wildman–Crippen MR) is 79.8 cm³/mol. The molecule has 1 aliphatic heterocycles. The van der Waals surface area contributed by atoms with Crippen molar-refractivity contribution in [2.24, 2.45) is 0 Å². The second-order valence-electron chi connectivity index (χ2n) is 5.41. The topological polar surface area (TPSA) is 21.3 Å². The van der Waals surface area contributed by atoms with Crippen LogP contribution < -0.4 is 5.32 Å². The first-order valence-electron chi connectivity index (χ1n) is 7.06. The van der Waals surface area contributed by atoms with Gasteiger partial charge in [0.1, 0.15) is 5.82 Å². The van der Waals surface area contributed by atoms with E-state index in [0.717, 1.165) is 24.6 Å². The van der Waals surface area contributed by atoms with Crippen molar-refractivity contribution >= 4 is 17.4 Å². The maximum absolute atomic E-state index is 13.4. The van der Waals surface area contributed by atoms with Gasteiger partial charge in [0.05, 0.1) is 23.6 Å². The van der Waals surface area contributed by atoms with Crippen molar-refractivity contribution in [3.05, 3.63) is 24.0 Å². The van der Waals surface area contributed by atoms with Crippen LogP contribution in [-0.4, -0.2) is 30.4 Å². The van der Waals surface area contributed by atoms with Crippen molar-refractivity contribution in [1.29, 1.82) is 0 Å². The van der Waals surface area contributed by atoms with E-state index in [1.54, 1.807) is 6.07 Å². The summed E-state index contributed by atoms with van der Waals surface area (Å²) in [7, 11) is 0. The molecule has 0 bridgehead atoms. The lowest BCUT2D eigenvalue weighted by Gasteiger charge is -2.33. The van der Waals surface area contributed by atoms with Crippen LogP contribution in [0.1, 0.15) is 26.7 Å². The van der Waals surface area contributed by atoms with E-state index in [4.69, 9.17) is 4.74 Å². The lowest BCUT2D eigenvalue weighted by atomic mass is 9.99. The fourth-order valence-electron chi connectivity index (χ4n) is 2.64. The van der Waals surface area contributed by atoms with Gasteiger partial charge in [0.25, 0.3) is 0 Å². The minimum atomic E-state index is -2.38. The Labute approximate surface area is 127 Å². The largest absolute Gasteiger partial charge is 0.381 e. The van der Waals surface area contributed by atoms with Crippen molar-refractivity contribution in [3.63, 3.8) is 0 Å². The smallest absolute Gasteiger partial charge is 0.247 e. The van der Waals surface area contributed by atoms with E-state index in [1.807, 2.05) is 13.8 Å². The number of nitrogens with one attached hydrogen (secondary N) is 1. The summed E-state index contributed by atoms with van der Waals surface area (Å²) in [6.07, 6.45) is -0.468. The average molecular weight is 319 g/mol. The number of ether oxygens (including phenoxy) is 1. The van der Waals surface area contributed by atoms with E-state index < -0.39 is 6.43 Å². The molecule has 0 amide bonds. The zero-order valence-electron chi connectivity index (χ0n) is 12.1. The molecule has 1 fully saturated rings. The van der Waals surface area contributed by atoms with Crippen LogP contribution in [0.4, 0.5) is 18.9 Å². The maximum atomic E-state index is 13.4. The van der Waals surface area contributed by atoms with Crippen molar-refractivity contribution in [1.82, 2.24) is 0 Å². The Balaban J connectivity index is 2.08. The highest BCUT2D eigenvalue weighted by Gasteiger charge is 2.25. The molecule has 0 spiro atoms. The summed E-state index contributed by atoms with van der Waals surface area (Å²) in [6.45, 7) is 4.00. The van der Waals surface area contributed by atoms with Gasteiger partial charge in [0.15, 0.2) is 0 Å². The summed E-state index contributed by atoms with van der Waals surface area (Å²) in [6, 6.07) is 4.39. The van der Waals surface area contributed by atoms with E-state index in [2.05, 4.69) is 5.32 Å². The third-order valence-corrected chi connectivity index (χ3v) is 4.45. The Morgan fingerprint density at radius 2 is 1.95 bits per heavy atom. The molecule has 2 rings (SSSR count).